The van der Waals surface area contributed by atoms with Gasteiger partial charge in [0.05, 0.1) is 0 Å². The van der Waals surface area contributed by atoms with Crippen molar-refractivity contribution in [1.82, 2.24) is 10.6 Å². The molecule has 0 bridgehead atoms. The molecular weight excluding hydrogens is 224 g/mol. The fourth-order valence-electron chi connectivity index (χ4n) is 2.78. The number of benzene rings is 1. The number of carbonyl (C=O) groups excluding carboxylic acids is 1. The molecule has 0 spiro atoms. The summed E-state index contributed by atoms with van der Waals surface area (Å²) in [5.74, 6) is 1.03. The van der Waals surface area contributed by atoms with E-state index in [0.717, 1.165) is 13.1 Å². The molecule has 2 atom stereocenters. The number of hydrogen-bond acceptors (Lipinski definition) is 2. The Labute approximate surface area is 109 Å². The van der Waals surface area contributed by atoms with Gasteiger partial charge >= 0.3 is 0 Å². The van der Waals surface area contributed by atoms with Crippen LogP contribution in [0.1, 0.15) is 30.7 Å². The number of nitrogens with one attached hydrogen (secondary N) is 2. The molecule has 1 aromatic carbocycles. The summed E-state index contributed by atoms with van der Waals surface area (Å²) in [6.07, 6.45) is 3.01. The van der Waals surface area contributed by atoms with Crippen LogP contribution < -0.4 is 10.6 Å². The van der Waals surface area contributed by atoms with E-state index in [4.69, 9.17) is 0 Å². The summed E-state index contributed by atoms with van der Waals surface area (Å²) < 4.78 is 0. The van der Waals surface area contributed by atoms with Crippen molar-refractivity contribution in [3.8, 4) is 0 Å². The van der Waals surface area contributed by atoms with Gasteiger partial charge in [0.2, 0.25) is 5.91 Å². The lowest BCUT2D eigenvalue weighted by molar-refractivity contribution is -0.121. The minimum atomic E-state index is 0.134. The maximum Gasteiger partial charge on any atom is 0.220 e. The molecule has 1 aromatic rings. The van der Waals surface area contributed by atoms with Crippen LogP contribution in [0.25, 0.3) is 0 Å². The second kappa shape index (κ2) is 6.55. The number of piperidine rings is 1. The van der Waals surface area contributed by atoms with Gasteiger partial charge in [-0.2, -0.15) is 0 Å². The van der Waals surface area contributed by atoms with Crippen molar-refractivity contribution in [1.29, 1.82) is 0 Å². The van der Waals surface area contributed by atoms with Crippen molar-refractivity contribution >= 4 is 5.91 Å². The quantitative estimate of drug-likeness (QED) is 0.852. The molecule has 0 aromatic heterocycles. The van der Waals surface area contributed by atoms with Gasteiger partial charge in [-0.1, -0.05) is 30.3 Å². The summed E-state index contributed by atoms with van der Waals surface area (Å²) in [4.78, 5) is 11.7. The zero-order valence-corrected chi connectivity index (χ0v) is 11.0. The summed E-state index contributed by atoms with van der Waals surface area (Å²) in [6, 6.07) is 10.4. The molecular formula is C15H22N2O. The maximum absolute atomic E-state index is 11.7. The Balaban J connectivity index is 2.14. The first-order valence-electron chi connectivity index (χ1n) is 6.77. The van der Waals surface area contributed by atoms with Crippen LogP contribution in [-0.2, 0) is 4.79 Å². The predicted molar refractivity (Wildman–Crippen MR) is 73.5 cm³/mol. The van der Waals surface area contributed by atoms with Gasteiger partial charge in [-0.05, 0) is 43.3 Å². The van der Waals surface area contributed by atoms with Crippen molar-refractivity contribution in [2.75, 3.05) is 20.1 Å². The van der Waals surface area contributed by atoms with E-state index in [2.05, 4.69) is 34.9 Å². The monoisotopic (exact) mass is 246 g/mol. The van der Waals surface area contributed by atoms with Gasteiger partial charge in [-0.3, -0.25) is 4.79 Å². The van der Waals surface area contributed by atoms with Crippen LogP contribution in [0.4, 0.5) is 0 Å². The average molecular weight is 246 g/mol. The Morgan fingerprint density at radius 1 is 1.44 bits per heavy atom. The number of hydrogen-bond donors (Lipinski definition) is 2. The highest BCUT2D eigenvalue weighted by atomic mass is 16.1. The second-order valence-corrected chi connectivity index (χ2v) is 5.00. The lowest BCUT2D eigenvalue weighted by Gasteiger charge is -2.30. The molecule has 0 unspecified atom stereocenters. The standard InChI is InChI=1S/C15H22N2O/c1-16-15(18)10-14(12-6-3-2-4-7-12)13-8-5-9-17-11-13/h2-4,6-7,13-14,17H,5,8-11H2,1H3,(H,16,18)/t13-,14+/m0/s1. The molecule has 1 amide bonds. The van der Waals surface area contributed by atoms with Gasteiger partial charge in [0.25, 0.3) is 0 Å². The molecule has 3 heteroatoms. The van der Waals surface area contributed by atoms with Crippen molar-refractivity contribution in [2.24, 2.45) is 5.92 Å². The second-order valence-electron chi connectivity index (χ2n) is 5.00. The van der Waals surface area contributed by atoms with Crippen LogP contribution >= 0.6 is 0 Å². The van der Waals surface area contributed by atoms with Crippen LogP contribution in [0.3, 0.4) is 0 Å². The average Bonchev–Trinajstić information content (AvgIpc) is 2.46. The van der Waals surface area contributed by atoms with Gasteiger partial charge in [0, 0.05) is 13.5 Å². The molecule has 98 valence electrons. The first kappa shape index (κ1) is 13.1. The first-order chi connectivity index (χ1) is 8.81. The van der Waals surface area contributed by atoms with Crippen LogP contribution in [0.15, 0.2) is 30.3 Å². The topological polar surface area (TPSA) is 41.1 Å². The van der Waals surface area contributed by atoms with Crippen molar-refractivity contribution in [3.63, 3.8) is 0 Å². The number of rotatable bonds is 4. The van der Waals surface area contributed by atoms with Crippen molar-refractivity contribution < 1.29 is 4.79 Å². The Bertz CT molecular complexity index is 371. The van der Waals surface area contributed by atoms with E-state index < -0.39 is 0 Å². The van der Waals surface area contributed by atoms with Crippen molar-refractivity contribution in [3.05, 3.63) is 35.9 Å². The van der Waals surface area contributed by atoms with E-state index in [1.54, 1.807) is 7.05 Å². The molecule has 1 saturated heterocycles. The Hall–Kier alpha value is -1.35. The molecule has 2 rings (SSSR count). The first-order valence-corrected chi connectivity index (χ1v) is 6.77. The van der Waals surface area contributed by atoms with Gasteiger partial charge in [-0.25, -0.2) is 0 Å². The van der Waals surface area contributed by atoms with Gasteiger partial charge < -0.3 is 10.6 Å². The summed E-state index contributed by atoms with van der Waals surface area (Å²) in [5.41, 5.74) is 1.29. The third kappa shape index (κ3) is 3.33. The fourth-order valence-corrected chi connectivity index (χ4v) is 2.78. The lowest BCUT2D eigenvalue weighted by atomic mass is 9.79. The summed E-state index contributed by atoms with van der Waals surface area (Å²) >= 11 is 0. The molecule has 1 aliphatic rings. The van der Waals surface area contributed by atoms with Gasteiger partial charge in [0.1, 0.15) is 0 Å². The van der Waals surface area contributed by atoms with E-state index in [1.807, 2.05) is 6.07 Å². The largest absolute Gasteiger partial charge is 0.359 e. The van der Waals surface area contributed by atoms with E-state index >= 15 is 0 Å². The molecule has 1 fully saturated rings. The lowest BCUT2D eigenvalue weighted by Crippen LogP contribution is -2.35. The molecule has 2 N–H and O–H groups in total. The third-order valence-electron chi connectivity index (χ3n) is 3.82. The van der Waals surface area contributed by atoms with Gasteiger partial charge in [-0.15, -0.1) is 0 Å². The molecule has 3 nitrogen and oxygen atoms in total. The molecule has 1 aliphatic heterocycles. The van der Waals surface area contributed by atoms with Gasteiger partial charge in [0.15, 0.2) is 0 Å². The maximum atomic E-state index is 11.7. The predicted octanol–water partition coefficient (Wildman–Crippen LogP) is 1.91. The van der Waals surface area contributed by atoms with Crippen LogP contribution in [0.2, 0.25) is 0 Å². The Morgan fingerprint density at radius 2 is 2.22 bits per heavy atom. The molecule has 1 heterocycles. The highest BCUT2D eigenvalue weighted by Gasteiger charge is 2.26. The highest BCUT2D eigenvalue weighted by molar-refractivity contribution is 5.76. The van der Waals surface area contributed by atoms with E-state index in [0.29, 0.717) is 18.3 Å². The smallest absolute Gasteiger partial charge is 0.220 e. The minimum absolute atomic E-state index is 0.134. The number of amides is 1. The van der Waals surface area contributed by atoms with E-state index in [1.165, 1.54) is 18.4 Å². The van der Waals surface area contributed by atoms with E-state index in [-0.39, 0.29) is 5.91 Å². The highest BCUT2D eigenvalue weighted by Crippen LogP contribution is 2.32. The summed E-state index contributed by atoms with van der Waals surface area (Å²) in [5, 5.41) is 6.19. The zero-order chi connectivity index (χ0) is 12.8. The molecule has 18 heavy (non-hydrogen) atoms. The SMILES string of the molecule is CNC(=O)C[C@H](c1ccccc1)[C@H]1CCCNC1. The number of carbonyl (C=O) groups is 1. The van der Waals surface area contributed by atoms with Crippen LogP contribution in [0.5, 0.6) is 0 Å². The van der Waals surface area contributed by atoms with Crippen LogP contribution in [-0.4, -0.2) is 26.0 Å². The summed E-state index contributed by atoms with van der Waals surface area (Å²) in [7, 11) is 1.71. The van der Waals surface area contributed by atoms with Crippen molar-refractivity contribution in [2.45, 2.75) is 25.2 Å². The molecule has 0 radical (unpaired) electrons. The Kier molecular flexibility index (Phi) is 4.76. The summed E-state index contributed by atoms with van der Waals surface area (Å²) in [6.45, 7) is 2.13. The fraction of sp³-hybridized carbons (Fsp3) is 0.533. The molecule has 0 aliphatic carbocycles. The minimum Gasteiger partial charge on any atom is -0.359 e. The Morgan fingerprint density at radius 3 is 2.83 bits per heavy atom. The normalized spacial score (nSPS) is 21.3. The third-order valence-corrected chi connectivity index (χ3v) is 3.82. The van der Waals surface area contributed by atoms with Crippen LogP contribution in [0, 0.1) is 5.92 Å². The van der Waals surface area contributed by atoms with E-state index in [9.17, 15) is 4.79 Å². The molecule has 0 saturated carbocycles. The zero-order valence-electron chi connectivity index (χ0n) is 11.0.